The number of carboxylic acid groups (broad SMARTS) is 1. The predicted molar refractivity (Wildman–Crippen MR) is 72.4 cm³/mol. The fraction of sp³-hybridized carbons (Fsp3) is 0.214. The molecule has 0 aliphatic rings. The van der Waals surface area contributed by atoms with Crippen LogP contribution in [-0.4, -0.2) is 11.1 Å². The minimum atomic E-state index is -1.06. The van der Waals surface area contributed by atoms with E-state index in [0.717, 1.165) is 5.56 Å². The van der Waals surface area contributed by atoms with Gasteiger partial charge >= 0.3 is 5.97 Å². The number of hydrogen-bond acceptors (Lipinski definition) is 3. The van der Waals surface area contributed by atoms with Crippen molar-refractivity contribution >= 4 is 17.6 Å². The van der Waals surface area contributed by atoms with Crippen LogP contribution in [0.15, 0.2) is 40.8 Å². The largest absolute Gasteiger partial charge is 0.475 e. The Balaban J connectivity index is 1.97. The quantitative estimate of drug-likeness (QED) is 0.879. The molecule has 2 rings (SSSR count). The fourth-order valence-electron chi connectivity index (χ4n) is 1.72. The molecule has 0 fully saturated rings. The van der Waals surface area contributed by atoms with Gasteiger partial charge in [-0.2, -0.15) is 0 Å². The third kappa shape index (κ3) is 3.59. The van der Waals surface area contributed by atoms with E-state index in [9.17, 15) is 4.79 Å². The second kappa shape index (κ2) is 5.91. The van der Waals surface area contributed by atoms with E-state index >= 15 is 0 Å². The molecule has 4 nitrogen and oxygen atoms in total. The van der Waals surface area contributed by atoms with Gasteiger partial charge < -0.3 is 14.8 Å². The first-order valence-electron chi connectivity index (χ1n) is 5.87. The molecule has 1 aromatic heterocycles. The van der Waals surface area contributed by atoms with Crippen molar-refractivity contribution in [1.29, 1.82) is 0 Å². The number of hydrogen-bond donors (Lipinski definition) is 2. The molecule has 5 heteroatoms. The summed E-state index contributed by atoms with van der Waals surface area (Å²) in [5.74, 6) is -0.515. The molecule has 2 N–H and O–H groups in total. The lowest BCUT2D eigenvalue weighted by molar-refractivity contribution is 0.0659. The molecule has 100 valence electrons. The summed E-state index contributed by atoms with van der Waals surface area (Å²) in [5, 5.41) is 12.7. The Morgan fingerprint density at radius 1 is 1.42 bits per heavy atom. The number of aromatic carboxylic acids is 1. The summed E-state index contributed by atoms with van der Waals surface area (Å²) in [5.41, 5.74) is 1.06. The summed E-state index contributed by atoms with van der Waals surface area (Å²) >= 11 is 5.90. The lowest BCUT2D eigenvalue weighted by Gasteiger charge is -2.11. The zero-order valence-electron chi connectivity index (χ0n) is 10.4. The highest BCUT2D eigenvalue weighted by atomic mass is 35.5. The van der Waals surface area contributed by atoms with E-state index in [2.05, 4.69) is 5.32 Å². The van der Waals surface area contributed by atoms with Crippen molar-refractivity contribution in [2.24, 2.45) is 0 Å². The Kier molecular flexibility index (Phi) is 4.24. The zero-order valence-corrected chi connectivity index (χ0v) is 11.1. The van der Waals surface area contributed by atoms with Crippen LogP contribution in [0.4, 0.5) is 0 Å². The summed E-state index contributed by atoms with van der Waals surface area (Å²) in [6.07, 6.45) is 0. The van der Waals surface area contributed by atoms with E-state index in [4.69, 9.17) is 21.1 Å². The van der Waals surface area contributed by atoms with Gasteiger partial charge in [-0.15, -0.1) is 0 Å². The molecule has 0 aliphatic carbocycles. The first kappa shape index (κ1) is 13.6. The molecule has 19 heavy (non-hydrogen) atoms. The van der Waals surface area contributed by atoms with Crippen molar-refractivity contribution in [2.45, 2.75) is 19.5 Å². The number of carboxylic acids is 1. The van der Waals surface area contributed by atoms with E-state index in [1.165, 1.54) is 6.07 Å². The van der Waals surface area contributed by atoms with E-state index in [-0.39, 0.29) is 11.8 Å². The van der Waals surface area contributed by atoms with Gasteiger partial charge in [-0.3, -0.25) is 0 Å². The molecule has 1 unspecified atom stereocenters. The monoisotopic (exact) mass is 279 g/mol. The SMILES string of the molecule is CC(NCc1cccc(Cl)c1)c1ccc(C(=O)O)o1. The minimum absolute atomic E-state index is 0.0496. The maximum absolute atomic E-state index is 10.7. The molecule has 1 atom stereocenters. The smallest absolute Gasteiger partial charge is 0.371 e. The maximum Gasteiger partial charge on any atom is 0.371 e. The van der Waals surface area contributed by atoms with E-state index < -0.39 is 5.97 Å². The van der Waals surface area contributed by atoms with E-state index in [0.29, 0.717) is 17.3 Å². The van der Waals surface area contributed by atoms with Crippen molar-refractivity contribution in [1.82, 2.24) is 5.32 Å². The number of halogens is 1. The predicted octanol–water partition coefficient (Wildman–Crippen LogP) is 3.48. The van der Waals surface area contributed by atoms with Gasteiger partial charge in [0.25, 0.3) is 0 Å². The lowest BCUT2D eigenvalue weighted by Crippen LogP contribution is -2.17. The highest BCUT2D eigenvalue weighted by Crippen LogP contribution is 2.17. The van der Waals surface area contributed by atoms with Gasteiger partial charge in [-0.05, 0) is 36.8 Å². The molecule has 1 aromatic carbocycles. The molecule has 0 radical (unpaired) electrons. The highest BCUT2D eigenvalue weighted by Gasteiger charge is 2.13. The number of rotatable bonds is 5. The van der Waals surface area contributed by atoms with Crippen LogP contribution in [0.25, 0.3) is 0 Å². The highest BCUT2D eigenvalue weighted by molar-refractivity contribution is 6.30. The Hall–Kier alpha value is -1.78. The molecule has 0 amide bonds. The van der Waals surface area contributed by atoms with Crippen LogP contribution in [0.2, 0.25) is 5.02 Å². The van der Waals surface area contributed by atoms with Crippen LogP contribution in [0, 0.1) is 0 Å². The maximum atomic E-state index is 10.7. The molecule has 0 saturated heterocycles. The zero-order chi connectivity index (χ0) is 13.8. The Labute approximate surface area is 116 Å². The Morgan fingerprint density at radius 2 is 2.21 bits per heavy atom. The molecular formula is C14H14ClNO3. The van der Waals surface area contributed by atoms with Gasteiger partial charge in [-0.25, -0.2) is 4.79 Å². The van der Waals surface area contributed by atoms with Crippen LogP contribution in [0.5, 0.6) is 0 Å². The van der Waals surface area contributed by atoms with Crippen LogP contribution in [0.3, 0.4) is 0 Å². The third-order valence-corrected chi connectivity index (χ3v) is 3.00. The van der Waals surface area contributed by atoms with Gasteiger partial charge in [0.05, 0.1) is 6.04 Å². The molecular weight excluding hydrogens is 266 g/mol. The lowest BCUT2D eigenvalue weighted by atomic mass is 10.2. The molecule has 1 heterocycles. The van der Waals surface area contributed by atoms with Crippen LogP contribution in [0.1, 0.15) is 34.8 Å². The van der Waals surface area contributed by atoms with Crippen molar-refractivity contribution in [2.75, 3.05) is 0 Å². The molecule has 0 aliphatic heterocycles. The number of benzene rings is 1. The number of furan rings is 1. The first-order chi connectivity index (χ1) is 9.06. The van der Waals surface area contributed by atoms with E-state index in [1.807, 2.05) is 31.2 Å². The van der Waals surface area contributed by atoms with Gasteiger partial charge in [0.2, 0.25) is 5.76 Å². The normalized spacial score (nSPS) is 12.3. The second-order valence-electron chi connectivity index (χ2n) is 4.24. The Bertz CT molecular complexity index is 580. The first-order valence-corrected chi connectivity index (χ1v) is 6.25. The molecule has 2 aromatic rings. The standard InChI is InChI=1S/C14H14ClNO3/c1-9(12-5-6-13(19-12)14(17)18)16-8-10-3-2-4-11(15)7-10/h2-7,9,16H,8H2,1H3,(H,17,18). The summed E-state index contributed by atoms with van der Waals surface area (Å²) in [4.78, 5) is 10.7. The number of nitrogens with one attached hydrogen (secondary N) is 1. The van der Waals surface area contributed by atoms with E-state index in [1.54, 1.807) is 6.07 Å². The van der Waals surface area contributed by atoms with Crippen LogP contribution in [-0.2, 0) is 6.54 Å². The van der Waals surface area contributed by atoms with Crippen LogP contribution >= 0.6 is 11.6 Å². The average Bonchev–Trinajstić information content (AvgIpc) is 2.86. The van der Waals surface area contributed by atoms with Crippen LogP contribution < -0.4 is 5.32 Å². The van der Waals surface area contributed by atoms with Crippen molar-refractivity contribution < 1.29 is 14.3 Å². The minimum Gasteiger partial charge on any atom is -0.475 e. The summed E-state index contributed by atoms with van der Waals surface area (Å²) < 4.78 is 5.23. The number of carbonyl (C=O) groups is 1. The van der Waals surface area contributed by atoms with Gasteiger partial charge in [0.15, 0.2) is 0 Å². The van der Waals surface area contributed by atoms with Gasteiger partial charge in [-0.1, -0.05) is 23.7 Å². The van der Waals surface area contributed by atoms with Crippen molar-refractivity contribution in [3.63, 3.8) is 0 Å². The molecule has 0 saturated carbocycles. The summed E-state index contributed by atoms with van der Waals surface area (Å²) in [7, 11) is 0. The van der Waals surface area contributed by atoms with Gasteiger partial charge in [0.1, 0.15) is 5.76 Å². The van der Waals surface area contributed by atoms with Crippen molar-refractivity contribution in [3.05, 3.63) is 58.5 Å². The third-order valence-electron chi connectivity index (χ3n) is 2.77. The second-order valence-corrected chi connectivity index (χ2v) is 4.68. The topological polar surface area (TPSA) is 62.5 Å². The van der Waals surface area contributed by atoms with Crippen molar-refractivity contribution in [3.8, 4) is 0 Å². The Morgan fingerprint density at radius 3 is 2.84 bits per heavy atom. The fourth-order valence-corrected chi connectivity index (χ4v) is 1.93. The molecule has 0 bridgehead atoms. The average molecular weight is 280 g/mol. The van der Waals surface area contributed by atoms with Gasteiger partial charge in [0, 0.05) is 11.6 Å². The summed E-state index contributed by atoms with van der Waals surface area (Å²) in [6, 6.07) is 10.6. The molecule has 0 spiro atoms. The summed E-state index contributed by atoms with van der Waals surface area (Å²) in [6.45, 7) is 2.54.